The van der Waals surface area contributed by atoms with Gasteiger partial charge < -0.3 is 14.6 Å². The van der Waals surface area contributed by atoms with Crippen molar-refractivity contribution >= 4 is 22.9 Å². The van der Waals surface area contributed by atoms with Crippen LogP contribution in [-0.2, 0) is 11.2 Å². The molecule has 5 rings (SSSR count). The molecule has 2 aliphatic rings. The number of carbonyl (C=O) groups excluding carboxylic acids is 2. The van der Waals surface area contributed by atoms with E-state index in [1.807, 2.05) is 35.2 Å². The van der Waals surface area contributed by atoms with E-state index in [1.54, 1.807) is 6.33 Å². The molecule has 0 bridgehead atoms. The molecular weight excluding hydrogens is 366 g/mol. The van der Waals surface area contributed by atoms with Gasteiger partial charge >= 0.3 is 5.97 Å². The number of fused-ring (bicyclic) bond motifs is 4. The molecule has 0 spiro atoms. The molecule has 0 radical (unpaired) electrons. The van der Waals surface area contributed by atoms with E-state index in [0.717, 1.165) is 48.8 Å². The van der Waals surface area contributed by atoms with Crippen molar-refractivity contribution < 1.29 is 15.8 Å². The van der Waals surface area contributed by atoms with E-state index in [2.05, 4.69) is 16.0 Å². The molecule has 1 amide bonds. The lowest BCUT2D eigenvalue weighted by Gasteiger charge is -2.45. The van der Waals surface area contributed by atoms with E-state index in [9.17, 15) is 9.59 Å². The van der Waals surface area contributed by atoms with Crippen molar-refractivity contribution in [2.75, 3.05) is 13.7 Å². The molecule has 2 aromatic carbocycles. The van der Waals surface area contributed by atoms with Gasteiger partial charge in [-0.15, -0.1) is 0 Å². The minimum atomic E-state index is -0.296. The number of nitrogens with one attached hydrogen (secondary N) is 1. The highest BCUT2D eigenvalue weighted by Crippen LogP contribution is 2.43. The first kappa shape index (κ1) is 17.9. The number of imidazole rings is 1. The van der Waals surface area contributed by atoms with Gasteiger partial charge in [0, 0.05) is 25.5 Å². The number of piperidine rings is 1. The van der Waals surface area contributed by atoms with E-state index >= 15 is 0 Å². The van der Waals surface area contributed by atoms with Gasteiger partial charge in [0.05, 0.1) is 30.0 Å². The number of likely N-dealkylation sites (tertiary alicyclic amines) is 1. The zero-order chi connectivity index (χ0) is 20.0. The monoisotopic (exact) mass is 391 g/mol. The standard InChI is InChI=1S/C23H23N3O3.H2/c1-29-23(28)17-5-2-4-14-8-10-20-16(21(14)17)6-3-11-26(20)22(27)15-7-9-18-19(12-15)25-13-24-18;/h2,4-5,7,9,12-13,16,20H,3,6,8,10-11H2,1H3,(H,24,25);1H. The summed E-state index contributed by atoms with van der Waals surface area (Å²) >= 11 is 0. The normalized spacial score (nSPS) is 20.8. The van der Waals surface area contributed by atoms with Crippen LogP contribution in [0.4, 0.5) is 0 Å². The Morgan fingerprint density at radius 3 is 3.00 bits per heavy atom. The van der Waals surface area contributed by atoms with Crippen LogP contribution in [-0.4, -0.2) is 46.4 Å². The van der Waals surface area contributed by atoms with E-state index in [-0.39, 0.29) is 25.3 Å². The molecule has 1 N–H and O–H groups in total. The average molecular weight is 391 g/mol. The second kappa shape index (κ2) is 7.03. The third kappa shape index (κ3) is 2.90. The number of benzene rings is 2. The Morgan fingerprint density at radius 2 is 2.14 bits per heavy atom. The number of carbonyl (C=O) groups is 2. The van der Waals surface area contributed by atoms with Crippen LogP contribution >= 0.6 is 0 Å². The molecule has 1 aromatic heterocycles. The highest BCUT2D eigenvalue weighted by molar-refractivity contribution is 5.98. The number of nitrogens with zero attached hydrogens (tertiary/aromatic N) is 2. The van der Waals surface area contributed by atoms with E-state index in [1.165, 1.54) is 12.7 Å². The Labute approximate surface area is 170 Å². The molecule has 3 aromatic rings. The van der Waals surface area contributed by atoms with Gasteiger partial charge in [-0.25, -0.2) is 9.78 Å². The Hall–Kier alpha value is -3.15. The lowest BCUT2D eigenvalue weighted by Crippen LogP contribution is -2.49. The summed E-state index contributed by atoms with van der Waals surface area (Å²) in [5.74, 6) is -0.0755. The van der Waals surface area contributed by atoms with Gasteiger partial charge in [0.2, 0.25) is 0 Å². The van der Waals surface area contributed by atoms with Crippen LogP contribution in [0.3, 0.4) is 0 Å². The van der Waals surface area contributed by atoms with Crippen molar-refractivity contribution in [3.63, 3.8) is 0 Å². The maximum atomic E-state index is 13.4. The number of aromatic amines is 1. The molecule has 29 heavy (non-hydrogen) atoms. The van der Waals surface area contributed by atoms with Crippen molar-refractivity contribution in [3.05, 3.63) is 65.0 Å². The number of amides is 1. The minimum Gasteiger partial charge on any atom is -0.465 e. The second-order valence-corrected chi connectivity index (χ2v) is 7.86. The highest BCUT2D eigenvalue weighted by atomic mass is 16.5. The van der Waals surface area contributed by atoms with Gasteiger partial charge in [-0.2, -0.15) is 0 Å². The minimum absolute atomic E-state index is 0. The molecule has 6 nitrogen and oxygen atoms in total. The summed E-state index contributed by atoms with van der Waals surface area (Å²) < 4.78 is 5.03. The zero-order valence-electron chi connectivity index (χ0n) is 16.4. The predicted molar refractivity (Wildman–Crippen MR) is 111 cm³/mol. The van der Waals surface area contributed by atoms with Crippen molar-refractivity contribution in [3.8, 4) is 0 Å². The van der Waals surface area contributed by atoms with Gasteiger partial charge in [-0.3, -0.25) is 4.79 Å². The summed E-state index contributed by atoms with van der Waals surface area (Å²) in [6.45, 7) is 0.747. The lowest BCUT2D eigenvalue weighted by molar-refractivity contribution is 0.0539. The summed E-state index contributed by atoms with van der Waals surface area (Å²) in [6.07, 6.45) is 5.33. The Balaban J connectivity index is 0.00000218. The van der Waals surface area contributed by atoms with Crippen LogP contribution in [0.25, 0.3) is 11.0 Å². The van der Waals surface area contributed by atoms with E-state index in [0.29, 0.717) is 11.1 Å². The molecular formula is C23H25N3O3. The van der Waals surface area contributed by atoms with Crippen LogP contribution < -0.4 is 0 Å². The Bertz CT molecular complexity index is 1110. The first-order chi connectivity index (χ1) is 14.2. The van der Waals surface area contributed by atoms with Crippen molar-refractivity contribution in [2.24, 2.45) is 0 Å². The second-order valence-electron chi connectivity index (χ2n) is 7.86. The number of aromatic nitrogens is 2. The van der Waals surface area contributed by atoms with Crippen LogP contribution in [0.15, 0.2) is 42.7 Å². The maximum absolute atomic E-state index is 13.4. The third-order valence-electron chi connectivity index (χ3n) is 6.39. The van der Waals surface area contributed by atoms with Crippen LogP contribution in [0.5, 0.6) is 0 Å². The number of rotatable bonds is 2. The molecule has 2 atom stereocenters. The average Bonchev–Trinajstić information content (AvgIpc) is 3.25. The molecule has 2 heterocycles. The maximum Gasteiger partial charge on any atom is 0.338 e. The molecule has 6 heteroatoms. The first-order valence-electron chi connectivity index (χ1n) is 10.1. The summed E-state index contributed by atoms with van der Waals surface area (Å²) in [7, 11) is 1.42. The van der Waals surface area contributed by atoms with Gasteiger partial charge in [-0.05, 0) is 61.1 Å². The topological polar surface area (TPSA) is 75.3 Å². The summed E-state index contributed by atoms with van der Waals surface area (Å²) in [6, 6.07) is 11.6. The van der Waals surface area contributed by atoms with Crippen LogP contribution in [0, 0.1) is 0 Å². The highest BCUT2D eigenvalue weighted by Gasteiger charge is 2.40. The van der Waals surface area contributed by atoms with Gasteiger partial charge in [-0.1, -0.05) is 12.1 Å². The zero-order valence-corrected chi connectivity index (χ0v) is 16.4. The van der Waals surface area contributed by atoms with Crippen molar-refractivity contribution in [2.45, 2.75) is 37.6 Å². The molecule has 2 unspecified atom stereocenters. The fraction of sp³-hybridized carbons (Fsp3) is 0.348. The third-order valence-corrected chi connectivity index (χ3v) is 6.39. The lowest BCUT2D eigenvalue weighted by atomic mass is 9.72. The van der Waals surface area contributed by atoms with Crippen LogP contribution in [0.1, 0.15) is 58.4 Å². The fourth-order valence-electron chi connectivity index (χ4n) is 5.10. The van der Waals surface area contributed by atoms with E-state index in [4.69, 9.17) is 4.74 Å². The van der Waals surface area contributed by atoms with E-state index < -0.39 is 0 Å². The number of hydrogen-bond donors (Lipinski definition) is 1. The molecule has 1 aliphatic heterocycles. The summed E-state index contributed by atoms with van der Waals surface area (Å²) in [5, 5.41) is 0. The Morgan fingerprint density at radius 1 is 1.24 bits per heavy atom. The number of ether oxygens (including phenoxy) is 1. The number of H-pyrrole nitrogens is 1. The smallest absolute Gasteiger partial charge is 0.338 e. The van der Waals surface area contributed by atoms with Crippen LogP contribution in [0.2, 0.25) is 0 Å². The number of aryl methyl sites for hydroxylation is 1. The number of hydrogen-bond acceptors (Lipinski definition) is 4. The fourth-order valence-corrected chi connectivity index (χ4v) is 5.10. The molecule has 1 fully saturated rings. The van der Waals surface area contributed by atoms with Gasteiger partial charge in [0.1, 0.15) is 0 Å². The summed E-state index contributed by atoms with van der Waals surface area (Å²) in [5.41, 5.74) is 5.33. The molecule has 1 aliphatic carbocycles. The number of methoxy groups -OCH3 is 1. The van der Waals surface area contributed by atoms with Crippen molar-refractivity contribution in [1.29, 1.82) is 0 Å². The molecule has 0 saturated carbocycles. The SMILES string of the molecule is COC(=O)c1cccc2c1C1CCCN(C(=O)c3ccc4nc[nH]c4c3)C1CC2.[HH]. The Kier molecular flexibility index (Phi) is 4.34. The quantitative estimate of drug-likeness (QED) is 0.672. The molecule has 150 valence electrons. The van der Waals surface area contributed by atoms with Gasteiger partial charge in [0.25, 0.3) is 5.91 Å². The summed E-state index contributed by atoms with van der Waals surface area (Å²) in [4.78, 5) is 35.1. The van der Waals surface area contributed by atoms with Crippen molar-refractivity contribution in [1.82, 2.24) is 14.9 Å². The number of esters is 1. The molecule has 1 saturated heterocycles. The van der Waals surface area contributed by atoms with Gasteiger partial charge in [0.15, 0.2) is 0 Å². The predicted octanol–water partition coefficient (Wildman–Crippen LogP) is 3.93. The first-order valence-corrected chi connectivity index (χ1v) is 10.1. The largest absolute Gasteiger partial charge is 0.465 e.